The number of hydrogen-bond acceptors (Lipinski definition) is 2. The van der Waals surface area contributed by atoms with Gasteiger partial charge in [-0.15, -0.1) is 0 Å². The van der Waals surface area contributed by atoms with Crippen LogP contribution in [-0.2, 0) is 5.60 Å². The van der Waals surface area contributed by atoms with Crippen molar-refractivity contribution in [3.63, 3.8) is 0 Å². The van der Waals surface area contributed by atoms with Crippen molar-refractivity contribution in [2.45, 2.75) is 57.0 Å². The highest BCUT2D eigenvalue weighted by Gasteiger charge is 2.39. The Morgan fingerprint density at radius 2 is 1.62 bits per heavy atom. The predicted octanol–water partition coefficient (Wildman–Crippen LogP) is 3.94. The molecular formula is C19H29NO. The van der Waals surface area contributed by atoms with Gasteiger partial charge in [0.15, 0.2) is 0 Å². The van der Waals surface area contributed by atoms with Crippen LogP contribution in [0.1, 0.15) is 56.9 Å². The highest BCUT2D eigenvalue weighted by molar-refractivity contribution is 5.23. The van der Waals surface area contributed by atoms with Gasteiger partial charge in [-0.2, -0.15) is 0 Å². The zero-order chi connectivity index (χ0) is 14.5. The van der Waals surface area contributed by atoms with E-state index in [1.54, 1.807) is 0 Å². The van der Waals surface area contributed by atoms with Crippen LogP contribution in [0.2, 0.25) is 0 Å². The van der Waals surface area contributed by atoms with Gasteiger partial charge < -0.3 is 10.0 Å². The smallest absolute Gasteiger partial charge is 0.0936 e. The number of rotatable bonds is 5. The number of hydrogen-bond donors (Lipinski definition) is 1. The van der Waals surface area contributed by atoms with Crippen LogP contribution in [0.15, 0.2) is 30.3 Å². The number of likely N-dealkylation sites (tertiary alicyclic amines) is 1. The van der Waals surface area contributed by atoms with E-state index in [2.05, 4.69) is 29.2 Å². The summed E-state index contributed by atoms with van der Waals surface area (Å²) in [5.74, 6) is 0.449. The van der Waals surface area contributed by atoms with Gasteiger partial charge in [0, 0.05) is 6.54 Å². The van der Waals surface area contributed by atoms with E-state index < -0.39 is 5.60 Å². The molecule has 1 aromatic carbocycles. The molecule has 1 aliphatic carbocycles. The average molecular weight is 287 g/mol. The minimum absolute atomic E-state index is 0.449. The number of benzene rings is 1. The summed E-state index contributed by atoms with van der Waals surface area (Å²) in [6.07, 6.45) is 9.86. The van der Waals surface area contributed by atoms with Crippen LogP contribution in [0.25, 0.3) is 0 Å². The van der Waals surface area contributed by atoms with Crippen molar-refractivity contribution >= 4 is 0 Å². The first-order chi connectivity index (χ1) is 10.3. The van der Waals surface area contributed by atoms with Gasteiger partial charge in [-0.3, -0.25) is 0 Å². The molecular weight excluding hydrogens is 258 g/mol. The Labute approximate surface area is 129 Å². The normalized spacial score (nSPS) is 24.0. The second-order valence-electron chi connectivity index (χ2n) is 6.92. The van der Waals surface area contributed by atoms with E-state index in [1.165, 1.54) is 58.0 Å². The molecule has 0 aromatic heterocycles. The topological polar surface area (TPSA) is 23.5 Å². The molecule has 116 valence electrons. The molecule has 2 heteroatoms. The number of nitrogens with zero attached hydrogens (tertiary/aromatic N) is 1. The first-order valence-corrected chi connectivity index (χ1v) is 8.79. The Kier molecular flexibility index (Phi) is 4.97. The standard InChI is InChI=1S/C19H29NO/c21-19(18-11-5-6-12-18,17-9-3-1-4-10-17)13-16-20-14-7-2-8-15-20/h1,3-4,9-10,18,21H,2,5-8,11-16H2/t19-/m1/s1. The van der Waals surface area contributed by atoms with Gasteiger partial charge >= 0.3 is 0 Å². The lowest BCUT2D eigenvalue weighted by atomic mass is 9.77. The summed E-state index contributed by atoms with van der Waals surface area (Å²) in [6, 6.07) is 10.4. The maximum absolute atomic E-state index is 11.5. The van der Waals surface area contributed by atoms with Crippen molar-refractivity contribution < 1.29 is 5.11 Å². The molecule has 0 unspecified atom stereocenters. The van der Waals surface area contributed by atoms with Gasteiger partial charge in [-0.25, -0.2) is 0 Å². The summed E-state index contributed by atoms with van der Waals surface area (Å²) in [7, 11) is 0. The first kappa shape index (κ1) is 15.1. The minimum Gasteiger partial charge on any atom is -0.385 e. The summed E-state index contributed by atoms with van der Waals surface area (Å²) < 4.78 is 0. The van der Waals surface area contributed by atoms with Gasteiger partial charge in [-0.05, 0) is 56.7 Å². The molecule has 1 N–H and O–H groups in total. The SMILES string of the molecule is O[C@](CCN1CCCCC1)(c1ccccc1)C1CCCC1. The van der Waals surface area contributed by atoms with E-state index in [1.807, 2.05) is 6.07 Å². The highest BCUT2D eigenvalue weighted by Crippen LogP contribution is 2.42. The quantitative estimate of drug-likeness (QED) is 0.886. The third-order valence-electron chi connectivity index (χ3n) is 5.56. The lowest BCUT2D eigenvalue weighted by Gasteiger charge is -2.37. The van der Waals surface area contributed by atoms with Gasteiger partial charge in [0.05, 0.1) is 5.60 Å². The minimum atomic E-state index is -0.616. The van der Waals surface area contributed by atoms with Crippen LogP contribution in [-0.4, -0.2) is 29.6 Å². The van der Waals surface area contributed by atoms with Gasteiger partial charge in [-0.1, -0.05) is 49.6 Å². The first-order valence-electron chi connectivity index (χ1n) is 8.79. The molecule has 0 bridgehead atoms. The largest absolute Gasteiger partial charge is 0.385 e. The van der Waals surface area contributed by atoms with Crippen LogP contribution in [0, 0.1) is 5.92 Å². The Hall–Kier alpha value is -0.860. The van der Waals surface area contributed by atoms with E-state index in [4.69, 9.17) is 0 Å². The molecule has 1 saturated heterocycles. The molecule has 2 nitrogen and oxygen atoms in total. The van der Waals surface area contributed by atoms with Crippen LogP contribution in [0.5, 0.6) is 0 Å². The molecule has 1 atom stereocenters. The fourth-order valence-corrected chi connectivity index (χ4v) is 4.23. The molecule has 0 amide bonds. The van der Waals surface area contributed by atoms with E-state index in [0.717, 1.165) is 18.5 Å². The molecule has 21 heavy (non-hydrogen) atoms. The lowest BCUT2D eigenvalue weighted by Crippen LogP contribution is -2.39. The third kappa shape index (κ3) is 3.49. The van der Waals surface area contributed by atoms with Crippen molar-refractivity contribution in [3.8, 4) is 0 Å². The molecule has 1 aromatic rings. The second kappa shape index (κ2) is 6.93. The number of aliphatic hydroxyl groups is 1. The van der Waals surface area contributed by atoms with Crippen LogP contribution < -0.4 is 0 Å². The third-order valence-corrected chi connectivity index (χ3v) is 5.56. The van der Waals surface area contributed by atoms with Crippen LogP contribution in [0.4, 0.5) is 0 Å². The molecule has 3 rings (SSSR count). The fraction of sp³-hybridized carbons (Fsp3) is 0.684. The van der Waals surface area contributed by atoms with E-state index >= 15 is 0 Å². The van der Waals surface area contributed by atoms with Crippen LogP contribution >= 0.6 is 0 Å². The summed E-state index contributed by atoms with van der Waals surface area (Å²) in [6.45, 7) is 3.48. The zero-order valence-corrected chi connectivity index (χ0v) is 13.1. The maximum atomic E-state index is 11.5. The summed E-state index contributed by atoms with van der Waals surface area (Å²) in [5, 5.41) is 11.5. The molecule has 1 aliphatic heterocycles. The average Bonchev–Trinajstić information content (AvgIpc) is 3.09. The van der Waals surface area contributed by atoms with E-state index in [-0.39, 0.29) is 0 Å². The summed E-state index contributed by atoms with van der Waals surface area (Å²) in [5.41, 5.74) is 0.517. The van der Waals surface area contributed by atoms with Crippen molar-refractivity contribution in [1.29, 1.82) is 0 Å². The molecule has 0 radical (unpaired) electrons. The highest BCUT2D eigenvalue weighted by atomic mass is 16.3. The summed E-state index contributed by atoms with van der Waals surface area (Å²) in [4.78, 5) is 2.55. The number of piperidine rings is 1. The molecule has 1 heterocycles. The van der Waals surface area contributed by atoms with Gasteiger partial charge in [0.25, 0.3) is 0 Å². The van der Waals surface area contributed by atoms with Crippen molar-refractivity contribution in [3.05, 3.63) is 35.9 Å². The lowest BCUT2D eigenvalue weighted by molar-refractivity contribution is -0.0378. The van der Waals surface area contributed by atoms with Crippen molar-refractivity contribution in [1.82, 2.24) is 4.90 Å². The zero-order valence-electron chi connectivity index (χ0n) is 13.1. The maximum Gasteiger partial charge on any atom is 0.0936 e. The second-order valence-corrected chi connectivity index (χ2v) is 6.92. The predicted molar refractivity (Wildman–Crippen MR) is 87.2 cm³/mol. The molecule has 0 spiro atoms. The van der Waals surface area contributed by atoms with Crippen molar-refractivity contribution in [2.75, 3.05) is 19.6 Å². The van der Waals surface area contributed by atoms with E-state index in [9.17, 15) is 5.11 Å². The van der Waals surface area contributed by atoms with Crippen LogP contribution in [0.3, 0.4) is 0 Å². The van der Waals surface area contributed by atoms with Gasteiger partial charge in [0.2, 0.25) is 0 Å². The Bertz CT molecular complexity index is 420. The van der Waals surface area contributed by atoms with Gasteiger partial charge in [0.1, 0.15) is 0 Å². The fourth-order valence-electron chi connectivity index (χ4n) is 4.23. The van der Waals surface area contributed by atoms with Crippen molar-refractivity contribution in [2.24, 2.45) is 5.92 Å². The Morgan fingerprint density at radius 1 is 0.952 bits per heavy atom. The Balaban J connectivity index is 1.72. The molecule has 2 aliphatic rings. The summed E-state index contributed by atoms with van der Waals surface area (Å²) >= 11 is 0. The van der Waals surface area contributed by atoms with E-state index in [0.29, 0.717) is 5.92 Å². The Morgan fingerprint density at radius 3 is 2.29 bits per heavy atom. The monoisotopic (exact) mass is 287 g/mol. The molecule has 2 fully saturated rings. The molecule has 1 saturated carbocycles.